The van der Waals surface area contributed by atoms with E-state index in [9.17, 15) is 13.0 Å². The number of hydrogen-bond acceptors (Lipinski definition) is 6. The second-order valence-corrected chi connectivity index (χ2v) is 14.7. The number of benzene rings is 1. The predicted molar refractivity (Wildman–Crippen MR) is 181 cm³/mol. The number of aryl methyl sites for hydroxylation is 2. The molecule has 0 aliphatic carbocycles. The van der Waals surface area contributed by atoms with Crippen LogP contribution in [0.1, 0.15) is 134 Å². The van der Waals surface area contributed by atoms with Gasteiger partial charge in [0.1, 0.15) is 16.7 Å². The number of rotatable bonds is 24. The van der Waals surface area contributed by atoms with Gasteiger partial charge in [0.25, 0.3) is 0 Å². The highest BCUT2D eigenvalue weighted by molar-refractivity contribution is 7.85. The monoisotopic (exact) mass is 651 g/mol. The van der Waals surface area contributed by atoms with Gasteiger partial charge in [-0.15, -0.1) is 0 Å². The minimum absolute atomic E-state index is 0.178. The maximum absolute atomic E-state index is 10.4. The van der Waals surface area contributed by atoms with Crippen LogP contribution in [0, 0.1) is 12.8 Å². The molecule has 1 aliphatic rings. The van der Waals surface area contributed by atoms with Crippen molar-refractivity contribution < 1.29 is 27.0 Å². The lowest BCUT2D eigenvalue weighted by atomic mass is 9.97. The third-order valence-corrected chi connectivity index (χ3v) is 10.00. The first kappa shape index (κ1) is 38.9. The normalized spacial score (nSPS) is 16.6. The highest BCUT2D eigenvalue weighted by Crippen LogP contribution is 2.25. The molecule has 1 aromatic heterocycles. The molecule has 1 saturated heterocycles. The van der Waals surface area contributed by atoms with E-state index in [1.807, 2.05) is 6.92 Å². The van der Waals surface area contributed by atoms with Gasteiger partial charge in [0.05, 0.1) is 23.0 Å². The number of unbranched alkanes of at least 4 members (excludes halogenated alkanes) is 15. The van der Waals surface area contributed by atoms with Crippen molar-refractivity contribution in [1.29, 1.82) is 0 Å². The SMILES string of the molecule is CCCCCCCCCCCCCC[C@@H]1CO[C@@H](COCCCCCCC[n+]2ccsc2)C1.Cc1ccc(S(=O)(=O)[O-])cc1. The van der Waals surface area contributed by atoms with Crippen LogP contribution in [0.4, 0.5) is 0 Å². The van der Waals surface area contributed by atoms with Crippen molar-refractivity contribution in [2.75, 3.05) is 19.8 Å². The molecular weight excluding hydrogens is 591 g/mol. The van der Waals surface area contributed by atoms with Crippen molar-refractivity contribution in [3.8, 4) is 0 Å². The number of thiazole rings is 1. The highest BCUT2D eigenvalue weighted by atomic mass is 32.2. The molecule has 2 atom stereocenters. The molecule has 3 rings (SSSR count). The van der Waals surface area contributed by atoms with E-state index in [1.54, 1.807) is 23.5 Å². The highest BCUT2D eigenvalue weighted by Gasteiger charge is 2.25. The third kappa shape index (κ3) is 19.9. The van der Waals surface area contributed by atoms with E-state index < -0.39 is 10.1 Å². The number of aromatic nitrogens is 1. The summed E-state index contributed by atoms with van der Waals surface area (Å²) in [6.45, 7) is 7.96. The molecule has 1 aliphatic heterocycles. The fourth-order valence-electron chi connectivity index (χ4n) is 5.71. The molecule has 8 heteroatoms. The summed E-state index contributed by atoms with van der Waals surface area (Å²) in [5, 5.41) is 2.15. The van der Waals surface area contributed by atoms with Gasteiger partial charge in [-0.25, -0.2) is 8.42 Å². The van der Waals surface area contributed by atoms with Crippen LogP contribution in [-0.4, -0.2) is 38.9 Å². The maximum atomic E-state index is 10.4. The van der Waals surface area contributed by atoms with E-state index >= 15 is 0 Å². The second-order valence-electron chi connectivity index (χ2n) is 12.6. The topological polar surface area (TPSA) is 79.5 Å². The van der Waals surface area contributed by atoms with Gasteiger partial charge < -0.3 is 14.0 Å². The summed E-state index contributed by atoms with van der Waals surface area (Å²) in [5.41, 5.74) is 3.12. The first-order valence-electron chi connectivity index (χ1n) is 17.5. The lowest BCUT2D eigenvalue weighted by Crippen LogP contribution is -2.29. The molecule has 6 nitrogen and oxygen atoms in total. The number of ether oxygens (including phenoxy) is 2. The Morgan fingerprint density at radius 2 is 1.45 bits per heavy atom. The van der Waals surface area contributed by atoms with Gasteiger partial charge in [-0.1, -0.05) is 126 Å². The van der Waals surface area contributed by atoms with Crippen LogP contribution in [0.3, 0.4) is 0 Å². The fourth-order valence-corrected chi connectivity index (χ4v) is 6.81. The van der Waals surface area contributed by atoms with Gasteiger partial charge in [0.15, 0.2) is 6.20 Å². The van der Waals surface area contributed by atoms with Gasteiger partial charge >= 0.3 is 0 Å². The Bertz CT molecular complexity index is 1030. The van der Waals surface area contributed by atoms with Gasteiger partial charge in [0.2, 0.25) is 5.51 Å². The largest absolute Gasteiger partial charge is 0.744 e. The molecule has 0 radical (unpaired) electrons. The molecule has 2 heterocycles. The van der Waals surface area contributed by atoms with Gasteiger partial charge in [-0.2, -0.15) is 4.57 Å². The van der Waals surface area contributed by atoms with Crippen LogP contribution in [-0.2, 0) is 26.1 Å². The van der Waals surface area contributed by atoms with Crippen LogP contribution in [0.2, 0.25) is 0 Å². The molecule has 0 amide bonds. The Hall–Kier alpha value is -1.32. The van der Waals surface area contributed by atoms with Gasteiger partial charge in [0, 0.05) is 19.6 Å². The van der Waals surface area contributed by atoms with E-state index in [-0.39, 0.29) is 4.90 Å². The summed E-state index contributed by atoms with van der Waals surface area (Å²) >= 11 is 1.77. The average molecular weight is 652 g/mol. The Labute approximate surface area is 273 Å². The standard InChI is InChI=1S/C29H54NO2S.C7H8O3S/c1-2-3-4-5-6-7-8-9-10-11-13-16-19-28-24-29(32-25-28)26-31-22-18-15-12-14-17-20-30-21-23-33-27-30;1-6-2-4-7(5-3-6)11(8,9)10/h21,23,27-29H,2-20,22,24-26H2,1H3;2-5H,1H3,(H,8,9,10)/q+1;/p-1/t28-,29+;/m0./s1. The molecular formula is C36H61NO5S2. The van der Waals surface area contributed by atoms with Crippen molar-refractivity contribution in [3.05, 3.63) is 46.9 Å². The van der Waals surface area contributed by atoms with E-state index in [0.29, 0.717) is 6.10 Å². The third-order valence-electron chi connectivity index (χ3n) is 8.48. The van der Waals surface area contributed by atoms with E-state index in [0.717, 1.165) is 31.3 Å². The molecule has 1 aromatic carbocycles. The second kappa shape index (κ2) is 24.9. The molecule has 252 valence electrons. The van der Waals surface area contributed by atoms with Crippen LogP contribution >= 0.6 is 11.3 Å². The molecule has 0 bridgehead atoms. The summed E-state index contributed by atoms with van der Waals surface area (Å²) in [7, 11) is -4.27. The summed E-state index contributed by atoms with van der Waals surface area (Å²) in [5.74, 6) is 0.780. The van der Waals surface area contributed by atoms with Crippen LogP contribution in [0.15, 0.2) is 46.2 Å². The Morgan fingerprint density at radius 3 is 2.05 bits per heavy atom. The molecule has 0 saturated carbocycles. The zero-order chi connectivity index (χ0) is 31.7. The molecule has 0 spiro atoms. The smallest absolute Gasteiger partial charge is 0.224 e. The maximum Gasteiger partial charge on any atom is 0.224 e. The van der Waals surface area contributed by atoms with E-state index in [2.05, 4.69) is 28.6 Å². The molecule has 2 aromatic rings. The van der Waals surface area contributed by atoms with Gasteiger partial charge in [-0.3, -0.25) is 0 Å². The first-order chi connectivity index (χ1) is 21.4. The number of hydrogen-bond donors (Lipinski definition) is 0. The molecule has 0 unspecified atom stereocenters. The fraction of sp³-hybridized carbons (Fsp3) is 0.750. The van der Waals surface area contributed by atoms with Crippen LogP contribution in [0.5, 0.6) is 0 Å². The minimum atomic E-state index is -4.27. The van der Waals surface area contributed by atoms with Gasteiger partial charge in [-0.05, 0) is 50.7 Å². The number of nitrogens with zero attached hydrogens (tertiary/aromatic N) is 1. The van der Waals surface area contributed by atoms with Crippen molar-refractivity contribution >= 4 is 21.5 Å². The Kier molecular flexibility index (Phi) is 22.0. The minimum Gasteiger partial charge on any atom is -0.744 e. The van der Waals surface area contributed by atoms with Crippen LogP contribution in [0.25, 0.3) is 0 Å². The first-order valence-corrected chi connectivity index (χ1v) is 19.9. The summed E-state index contributed by atoms with van der Waals surface area (Å²) in [6, 6.07) is 5.78. The summed E-state index contributed by atoms with van der Waals surface area (Å²) < 4.78 is 45.4. The van der Waals surface area contributed by atoms with Crippen LogP contribution < -0.4 is 4.57 Å². The zero-order valence-corrected chi connectivity index (χ0v) is 29.4. The average Bonchev–Trinajstić information content (AvgIpc) is 3.69. The quantitative estimate of drug-likeness (QED) is 0.0642. The van der Waals surface area contributed by atoms with Crippen molar-refractivity contribution in [3.63, 3.8) is 0 Å². The van der Waals surface area contributed by atoms with Crippen molar-refractivity contribution in [2.45, 2.75) is 153 Å². The lowest BCUT2D eigenvalue weighted by Gasteiger charge is -2.10. The van der Waals surface area contributed by atoms with E-state index in [1.165, 1.54) is 141 Å². The zero-order valence-electron chi connectivity index (χ0n) is 27.8. The Balaban J connectivity index is 0.000000514. The summed E-state index contributed by atoms with van der Waals surface area (Å²) in [4.78, 5) is -0.178. The lowest BCUT2D eigenvalue weighted by molar-refractivity contribution is -0.692. The summed E-state index contributed by atoms with van der Waals surface area (Å²) in [6.07, 6.45) is 28.8. The van der Waals surface area contributed by atoms with E-state index in [4.69, 9.17) is 9.47 Å². The molecule has 0 N–H and O–H groups in total. The molecule has 1 fully saturated rings. The molecule has 44 heavy (non-hydrogen) atoms. The predicted octanol–water partition coefficient (Wildman–Crippen LogP) is 9.40. The van der Waals surface area contributed by atoms with Crippen molar-refractivity contribution in [1.82, 2.24) is 0 Å². The van der Waals surface area contributed by atoms with Crippen molar-refractivity contribution in [2.24, 2.45) is 5.92 Å². The Morgan fingerprint density at radius 1 is 0.864 bits per heavy atom.